The number of carbonyl (C=O) groups excluding carboxylic acids is 1. The van der Waals surface area contributed by atoms with Gasteiger partial charge in [-0.25, -0.2) is 0 Å². The lowest BCUT2D eigenvalue weighted by Crippen LogP contribution is -2.28. The van der Waals surface area contributed by atoms with E-state index in [4.69, 9.17) is 4.74 Å². The van der Waals surface area contributed by atoms with E-state index in [0.29, 0.717) is 18.7 Å². The van der Waals surface area contributed by atoms with Crippen molar-refractivity contribution in [2.75, 3.05) is 13.2 Å². The number of amides is 1. The number of benzene rings is 3. The molecule has 0 fully saturated rings. The topological polar surface area (TPSA) is 38.3 Å². The molecule has 0 atom stereocenters. The summed E-state index contributed by atoms with van der Waals surface area (Å²) in [5, 5.41) is 2.91. The van der Waals surface area contributed by atoms with Crippen LogP contribution in [0.15, 0.2) is 77.7 Å². The molecule has 0 bridgehead atoms. The minimum atomic E-state index is -0.0775. The van der Waals surface area contributed by atoms with E-state index < -0.39 is 0 Å². The zero-order chi connectivity index (χ0) is 19.8. The number of ether oxygens (including phenoxy) is 1. The largest absolute Gasteiger partial charge is 0.492 e. The summed E-state index contributed by atoms with van der Waals surface area (Å²) in [5.41, 5.74) is 4.21. The Morgan fingerprint density at radius 1 is 0.929 bits per heavy atom. The zero-order valence-corrected chi connectivity index (χ0v) is 17.1. The van der Waals surface area contributed by atoms with Crippen molar-refractivity contribution in [2.24, 2.45) is 0 Å². The van der Waals surface area contributed by atoms with Crippen LogP contribution >= 0.6 is 11.8 Å². The van der Waals surface area contributed by atoms with E-state index in [1.807, 2.05) is 68.4 Å². The predicted molar refractivity (Wildman–Crippen MR) is 116 cm³/mol. The molecule has 0 aliphatic rings. The van der Waals surface area contributed by atoms with E-state index in [9.17, 15) is 4.79 Å². The molecule has 0 unspecified atom stereocenters. The Hall–Kier alpha value is -2.72. The highest BCUT2D eigenvalue weighted by Crippen LogP contribution is 2.22. The van der Waals surface area contributed by atoms with Gasteiger partial charge in [-0.3, -0.25) is 4.79 Å². The third-order valence-corrected chi connectivity index (χ3v) is 5.30. The van der Waals surface area contributed by atoms with Gasteiger partial charge in [0.1, 0.15) is 12.4 Å². The van der Waals surface area contributed by atoms with Crippen molar-refractivity contribution >= 4 is 17.7 Å². The molecule has 4 heteroatoms. The minimum absolute atomic E-state index is 0.0775. The van der Waals surface area contributed by atoms with E-state index in [1.54, 1.807) is 11.8 Å². The number of aryl methyl sites for hydroxylation is 2. The van der Waals surface area contributed by atoms with Gasteiger partial charge in [-0.15, -0.1) is 11.8 Å². The Kier molecular flexibility index (Phi) is 7.15. The molecule has 0 saturated heterocycles. The van der Waals surface area contributed by atoms with Gasteiger partial charge in [0.25, 0.3) is 5.91 Å². The fourth-order valence-corrected chi connectivity index (χ4v) is 3.76. The van der Waals surface area contributed by atoms with Gasteiger partial charge < -0.3 is 10.1 Å². The van der Waals surface area contributed by atoms with E-state index in [-0.39, 0.29) is 5.91 Å². The molecular weight excluding hydrogens is 366 g/mol. The quantitative estimate of drug-likeness (QED) is 0.412. The number of hydrogen-bond acceptors (Lipinski definition) is 3. The Labute approximate surface area is 171 Å². The first-order valence-electron chi connectivity index (χ1n) is 9.36. The van der Waals surface area contributed by atoms with Crippen LogP contribution in [0.3, 0.4) is 0 Å². The first-order valence-corrected chi connectivity index (χ1v) is 10.3. The molecule has 3 rings (SSSR count). The van der Waals surface area contributed by atoms with Gasteiger partial charge >= 0.3 is 0 Å². The van der Waals surface area contributed by atoms with E-state index in [1.165, 1.54) is 21.6 Å². The van der Waals surface area contributed by atoms with Crippen LogP contribution < -0.4 is 10.1 Å². The highest BCUT2D eigenvalue weighted by atomic mass is 32.2. The van der Waals surface area contributed by atoms with E-state index in [2.05, 4.69) is 23.5 Å². The van der Waals surface area contributed by atoms with Gasteiger partial charge in [-0.05, 0) is 66.9 Å². The molecule has 3 aromatic carbocycles. The highest BCUT2D eigenvalue weighted by molar-refractivity contribution is 7.98. The highest BCUT2D eigenvalue weighted by Gasteiger charge is 2.05. The van der Waals surface area contributed by atoms with Crippen molar-refractivity contribution in [3.8, 4) is 5.75 Å². The third-order valence-electron chi connectivity index (χ3n) is 4.22. The van der Waals surface area contributed by atoms with Crippen LogP contribution in [0.1, 0.15) is 27.0 Å². The molecule has 0 aromatic heterocycles. The van der Waals surface area contributed by atoms with Gasteiger partial charge in [0.2, 0.25) is 0 Å². The number of rotatable bonds is 8. The number of thioether (sulfide) groups is 1. The van der Waals surface area contributed by atoms with Crippen LogP contribution in [0.4, 0.5) is 0 Å². The summed E-state index contributed by atoms with van der Waals surface area (Å²) in [6, 6.07) is 24.2. The second kappa shape index (κ2) is 10.00. The smallest absolute Gasteiger partial charge is 0.251 e. The van der Waals surface area contributed by atoms with Crippen LogP contribution in [0.5, 0.6) is 5.75 Å². The Bertz CT molecular complexity index is 887. The van der Waals surface area contributed by atoms with Crippen LogP contribution in [-0.2, 0) is 5.75 Å². The monoisotopic (exact) mass is 391 g/mol. The molecule has 0 spiro atoms. The first-order chi connectivity index (χ1) is 13.6. The van der Waals surface area contributed by atoms with Gasteiger partial charge in [0, 0.05) is 16.2 Å². The average Bonchev–Trinajstić information content (AvgIpc) is 2.70. The fraction of sp³-hybridized carbons (Fsp3) is 0.208. The van der Waals surface area contributed by atoms with Crippen LogP contribution in [0, 0.1) is 13.8 Å². The van der Waals surface area contributed by atoms with Crippen molar-refractivity contribution in [1.82, 2.24) is 5.32 Å². The normalized spacial score (nSPS) is 10.5. The molecular formula is C24H25NO2S. The Morgan fingerprint density at radius 2 is 1.61 bits per heavy atom. The zero-order valence-electron chi connectivity index (χ0n) is 16.3. The van der Waals surface area contributed by atoms with Crippen molar-refractivity contribution in [2.45, 2.75) is 24.5 Å². The average molecular weight is 392 g/mol. The molecule has 0 aliphatic heterocycles. The summed E-state index contributed by atoms with van der Waals surface area (Å²) in [6.45, 7) is 5.01. The van der Waals surface area contributed by atoms with Crippen LogP contribution in [-0.4, -0.2) is 19.1 Å². The minimum Gasteiger partial charge on any atom is -0.492 e. The molecule has 0 aliphatic carbocycles. The standard InChI is InChI=1S/C24H25NO2S/c1-18-14-19(2)16-22(15-18)27-13-12-25-24(26)21-10-8-20(9-11-21)17-28-23-6-4-3-5-7-23/h3-11,14-16H,12-13,17H2,1-2H3,(H,25,26). The molecule has 28 heavy (non-hydrogen) atoms. The van der Waals surface area contributed by atoms with Gasteiger partial charge in [0.15, 0.2) is 0 Å². The molecule has 3 nitrogen and oxygen atoms in total. The van der Waals surface area contributed by atoms with Crippen LogP contribution in [0.2, 0.25) is 0 Å². The second-order valence-electron chi connectivity index (χ2n) is 6.73. The molecule has 0 saturated carbocycles. The maximum Gasteiger partial charge on any atom is 0.251 e. The first kappa shape index (κ1) is 20.0. The summed E-state index contributed by atoms with van der Waals surface area (Å²) in [5.74, 6) is 1.65. The fourth-order valence-electron chi connectivity index (χ4n) is 2.89. The molecule has 144 valence electrons. The van der Waals surface area contributed by atoms with Crippen molar-refractivity contribution in [1.29, 1.82) is 0 Å². The van der Waals surface area contributed by atoms with Crippen molar-refractivity contribution < 1.29 is 9.53 Å². The maximum absolute atomic E-state index is 12.3. The number of nitrogens with one attached hydrogen (secondary N) is 1. The molecule has 3 aromatic rings. The second-order valence-corrected chi connectivity index (χ2v) is 7.78. The predicted octanol–water partition coefficient (Wildman–Crippen LogP) is 5.40. The lowest BCUT2D eigenvalue weighted by Gasteiger charge is -2.10. The molecule has 0 radical (unpaired) electrons. The summed E-state index contributed by atoms with van der Waals surface area (Å²) >= 11 is 1.79. The molecule has 1 N–H and O–H groups in total. The third kappa shape index (κ3) is 6.17. The molecule has 0 heterocycles. The lowest BCUT2D eigenvalue weighted by molar-refractivity contribution is 0.0947. The van der Waals surface area contributed by atoms with Crippen molar-refractivity contribution in [3.05, 3.63) is 95.1 Å². The molecule has 1 amide bonds. The summed E-state index contributed by atoms with van der Waals surface area (Å²) in [7, 11) is 0. The van der Waals surface area contributed by atoms with Crippen molar-refractivity contribution in [3.63, 3.8) is 0 Å². The van der Waals surface area contributed by atoms with Gasteiger partial charge in [0.05, 0.1) is 6.54 Å². The number of hydrogen-bond donors (Lipinski definition) is 1. The van der Waals surface area contributed by atoms with Gasteiger partial charge in [-0.2, -0.15) is 0 Å². The summed E-state index contributed by atoms with van der Waals surface area (Å²) in [4.78, 5) is 13.5. The summed E-state index contributed by atoms with van der Waals surface area (Å²) < 4.78 is 5.73. The van der Waals surface area contributed by atoms with E-state index >= 15 is 0 Å². The van der Waals surface area contributed by atoms with Crippen LogP contribution in [0.25, 0.3) is 0 Å². The SMILES string of the molecule is Cc1cc(C)cc(OCCNC(=O)c2ccc(CSc3ccccc3)cc2)c1. The Morgan fingerprint density at radius 3 is 2.29 bits per heavy atom. The van der Waals surface area contributed by atoms with Gasteiger partial charge in [-0.1, -0.05) is 36.4 Å². The maximum atomic E-state index is 12.3. The van der Waals surface area contributed by atoms with E-state index in [0.717, 1.165) is 11.5 Å². The Balaban J connectivity index is 1.42. The number of carbonyl (C=O) groups is 1. The summed E-state index contributed by atoms with van der Waals surface area (Å²) in [6.07, 6.45) is 0. The lowest BCUT2D eigenvalue weighted by atomic mass is 10.1.